The summed E-state index contributed by atoms with van der Waals surface area (Å²) >= 11 is 0. The molecular formula is C25H26N2O5S. The first kappa shape index (κ1) is 24.0. The van der Waals surface area contributed by atoms with Gasteiger partial charge in [0.1, 0.15) is 6.54 Å². The van der Waals surface area contributed by atoms with Gasteiger partial charge in [-0.05, 0) is 47.9 Å². The quantitative estimate of drug-likeness (QED) is 0.496. The summed E-state index contributed by atoms with van der Waals surface area (Å²) in [6.07, 6.45) is 0. The van der Waals surface area contributed by atoms with Crippen LogP contribution in [0.2, 0.25) is 0 Å². The number of hydrogen-bond donors (Lipinski definition) is 1. The van der Waals surface area contributed by atoms with Gasteiger partial charge in [0, 0.05) is 0 Å². The van der Waals surface area contributed by atoms with Crippen LogP contribution in [0.15, 0.2) is 83.8 Å². The smallest absolute Gasteiger partial charge is 0.339 e. The van der Waals surface area contributed by atoms with Gasteiger partial charge in [-0.1, -0.05) is 56.3 Å². The van der Waals surface area contributed by atoms with Crippen molar-refractivity contribution in [1.29, 1.82) is 0 Å². The molecule has 1 N–H and O–H groups in total. The molecule has 0 aliphatic heterocycles. The third kappa shape index (κ3) is 5.59. The van der Waals surface area contributed by atoms with Crippen molar-refractivity contribution >= 4 is 33.3 Å². The summed E-state index contributed by atoms with van der Waals surface area (Å²) in [5.74, 6) is -0.931. The van der Waals surface area contributed by atoms with Gasteiger partial charge in [-0.15, -0.1) is 0 Å². The van der Waals surface area contributed by atoms with E-state index in [4.69, 9.17) is 4.74 Å². The van der Waals surface area contributed by atoms with Gasteiger partial charge in [0.05, 0.1) is 28.9 Å². The van der Waals surface area contributed by atoms with Gasteiger partial charge in [-0.3, -0.25) is 9.10 Å². The lowest BCUT2D eigenvalue weighted by atomic mass is 10.0. The lowest BCUT2D eigenvalue weighted by Crippen LogP contribution is -2.38. The summed E-state index contributed by atoms with van der Waals surface area (Å²) in [5.41, 5.74) is 1.82. The van der Waals surface area contributed by atoms with Crippen molar-refractivity contribution in [2.45, 2.75) is 24.7 Å². The second-order valence-corrected chi connectivity index (χ2v) is 9.52. The van der Waals surface area contributed by atoms with Gasteiger partial charge in [-0.2, -0.15) is 0 Å². The highest BCUT2D eigenvalue weighted by atomic mass is 32.2. The maximum atomic E-state index is 13.4. The minimum atomic E-state index is -4.02. The van der Waals surface area contributed by atoms with Crippen LogP contribution in [-0.2, 0) is 19.6 Å². The number of amides is 1. The molecule has 172 valence electrons. The van der Waals surface area contributed by atoms with Crippen LogP contribution in [0.25, 0.3) is 0 Å². The molecular weight excluding hydrogens is 440 g/mol. The van der Waals surface area contributed by atoms with Crippen molar-refractivity contribution < 1.29 is 22.7 Å². The third-order valence-electron chi connectivity index (χ3n) is 5.07. The van der Waals surface area contributed by atoms with E-state index in [1.54, 1.807) is 48.5 Å². The molecule has 33 heavy (non-hydrogen) atoms. The normalized spacial score (nSPS) is 11.2. The Morgan fingerprint density at radius 3 is 2.12 bits per heavy atom. The van der Waals surface area contributed by atoms with Crippen molar-refractivity contribution in [3.63, 3.8) is 0 Å². The van der Waals surface area contributed by atoms with Crippen LogP contribution in [-0.4, -0.2) is 33.9 Å². The van der Waals surface area contributed by atoms with E-state index in [-0.39, 0.29) is 22.1 Å². The molecule has 0 saturated heterocycles. The van der Waals surface area contributed by atoms with Crippen LogP contribution >= 0.6 is 0 Å². The number of sulfonamides is 1. The van der Waals surface area contributed by atoms with Crippen LogP contribution in [0.4, 0.5) is 11.4 Å². The van der Waals surface area contributed by atoms with E-state index in [1.165, 1.54) is 25.3 Å². The third-order valence-corrected chi connectivity index (χ3v) is 6.86. The number of hydrogen-bond acceptors (Lipinski definition) is 5. The van der Waals surface area contributed by atoms with Gasteiger partial charge in [0.2, 0.25) is 5.91 Å². The number of benzene rings is 3. The topological polar surface area (TPSA) is 92.8 Å². The largest absolute Gasteiger partial charge is 0.465 e. The molecule has 0 unspecified atom stereocenters. The molecule has 7 nitrogen and oxygen atoms in total. The number of rotatable bonds is 8. The average molecular weight is 467 g/mol. The van der Waals surface area contributed by atoms with Crippen molar-refractivity contribution in [3.8, 4) is 0 Å². The Hall–Kier alpha value is -3.65. The number of carbonyl (C=O) groups excluding carboxylic acids is 2. The second kappa shape index (κ2) is 10.3. The van der Waals surface area contributed by atoms with Gasteiger partial charge in [-0.25, -0.2) is 13.2 Å². The van der Waals surface area contributed by atoms with Crippen molar-refractivity contribution in [3.05, 3.63) is 90.0 Å². The van der Waals surface area contributed by atoms with Crippen LogP contribution < -0.4 is 9.62 Å². The SMILES string of the molecule is COC(=O)c1ccccc1NC(=O)CN(c1ccc(C(C)C)cc1)S(=O)(=O)c1ccccc1. The van der Waals surface area contributed by atoms with Crippen molar-refractivity contribution in [2.75, 3.05) is 23.3 Å². The van der Waals surface area contributed by atoms with Crippen LogP contribution in [0.1, 0.15) is 35.7 Å². The highest BCUT2D eigenvalue weighted by Crippen LogP contribution is 2.26. The molecule has 0 fully saturated rings. The molecule has 0 aliphatic rings. The van der Waals surface area contributed by atoms with E-state index in [1.807, 2.05) is 26.0 Å². The Morgan fingerprint density at radius 2 is 1.52 bits per heavy atom. The first-order valence-corrected chi connectivity index (χ1v) is 11.8. The number of para-hydroxylation sites is 1. The molecule has 0 spiro atoms. The van der Waals surface area contributed by atoms with Crippen LogP contribution in [0, 0.1) is 0 Å². The molecule has 0 bridgehead atoms. The van der Waals surface area contributed by atoms with E-state index < -0.39 is 28.4 Å². The summed E-state index contributed by atoms with van der Waals surface area (Å²) < 4.78 is 32.7. The first-order chi connectivity index (χ1) is 15.7. The summed E-state index contributed by atoms with van der Waals surface area (Å²) in [4.78, 5) is 25.0. The number of methoxy groups -OCH3 is 1. The maximum Gasteiger partial charge on any atom is 0.339 e. The Labute approximate surface area is 194 Å². The molecule has 3 aromatic carbocycles. The summed E-state index contributed by atoms with van der Waals surface area (Å²) in [6.45, 7) is 3.60. The molecule has 8 heteroatoms. The maximum absolute atomic E-state index is 13.4. The Morgan fingerprint density at radius 1 is 0.909 bits per heavy atom. The highest BCUT2D eigenvalue weighted by Gasteiger charge is 2.27. The number of esters is 1. The standard InChI is InChI=1S/C25H26N2O5S/c1-18(2)19-13-15-20(16-14-19)27(33(30,31)21-9-5-4-6-10-21)17-24(28)26-23-12-8-7-11-22(23)25(29)32-3/h4-16,18H,17H2,1-3H3,(H,26,28). The Bertz CT molecular complexity index is 1220. The molecule has 0 aromatic heterocycles. The van der Waals surface area contributed by atoms with Crippen molar-refractivity contribution in [1.82, 2.24) is 0 Å². The summed E-state index contributed by atoms with van der Waals surface area (Å²) in [5, 5.41) is 2.63. The molecule has 0 aliphatic carbocycles. The molecule has 0 radical (unpaired) electrons. The number of nitrogens with zero attached hydrogens (tertiary/aromatic N) is 1. The number of nitrogens with one attached hydrogen (secondary N) is 1. The first-order valence-electron chi connectivity index (χ1n) is 10.4. The predicted octanol–water partition coefficient (Wildman–Crippen LogP) is 4.43. The molecule has 3 rings (SSSR count). The minimum Gasteiger partial charge on any atom is -0.465 e. The van der Waals surface area contributed by atoms with Gasteiger partial charge in [0.15, 0.2) is 0 Å². The molecule has 3 aromatic rings. The predicted molar refractivity (Wildman–Crippen MR) is 128 cm³/mol. The molecule has 1 amide bonds. The van der Waals surface area contributed by atoms with E-state index >= 15 is 0 Å². The lowest BCUT2D eigenvalue weighted by Gasteiger charge is -2.24. The zero-order valence-electron chi connectivity index (χ0n) is 18.7. The van der Waals surface area contributed by atoms with Crippen LogP contribution in [0.3, 0.4) is 0 Å². The Kier molecular flexibility index (Phi) is 7.50. The summed E-state index contributed by atoms with van der Waals surface area (Å²) in [7, 11) is -2.78. The average Bonchev–Trinajstić information content (AvgIpc) is 2.83. The van der Waals surface area contributed by atoms with Crippen LogP contribution in [0.5, 0.6) is 0 Å². The lowest BCUT2D eigenvalue weighted by molar-refractivity contribution is -0.114. The number of ether oxygens (including phenoxy) is 1. The fourth-order valence-corrected chi connectivity index (χ4v) is 4.70. The van der Waals surface area contributed by atoms with E-state index in [9.17, 15) is 18.0 Å². The molecule has 0 atom stereocenters. The van der Waals surface area contributed by atoms with E-state index in [0.29, 0.717) is 5.69 Å². The van der Waals surface area contributed by atoms with E-state index in [0.717, 1.165) is 9.87 Å². The second-order valence-electron chi connectivity index (χ2n) is 7.66. The monoisotopic (exact) mass is 466 g/mol. The fraction of sp³-hybridized carbons (Fsp3) is 0.200. The Balaban J connectivity index is 1.95. The van der Waals surface area contributed by atoms with Gasteiger partial charge in [0.25, 0.3) is 10.0 Å². The highest BCUT2D eigenvalue weighted by molar-refractivity contribution is 7.92. The molecule has 0 saturated carbocycles. The number of anilines is 2. The summed E-state index contributed by atoms with van der Waals surface area (Å²) in [6, 6.07) is 21.4. The fourth-order valence-electron chi connectivity index (χ4n) is 3.26. The van der Waals surface area contributed by atoms with E-state index in [2.05, 4.69) is 5.32 Å². The zero-order valence-corrected chi connectivity index (χ0v) is 19.5. The number of carbonyl (C=O) groups is 2. The van der Waals surface area contributed by atoms with Crippen molar-refractivity contribution in [2.24, 2.45) is 0 Å². The zero-order chi connectivity index (χ0) is 24.0. The van der Waals surface area contributed by atoms with Gasteiger partial charge < -0.3 is 10.1 Å². The molecule has 0 heterocycles. The minimum absolute atomic E-state index is 0.0701. The van der Waals surface area contributed by atoms with Gasteiger partial charge >= 0.3 is 5.97 Å².